The van der Waals surface area contributed by atoms with Gasteiger partial charge in [0.05, 0.1) is 5.54 Å². The molecule has 0 bridgehead atoms. The maximum absolute atomic E-state index is 12.2. The summed E-state index contributed by atoms with van der Waals surface area (Å²) in [6.45, 7) is 1.62. The van der Waals surface area contributed by atoms with E-state index in [0.717, 1.165) is 11.1 Å². The van der Waals surface area contributed by atoms with Crippen LogP contribution in [-0.2, 0) is 27.4 Å². The second-order valence-corrected chi connectivity index (χ2v) is 5.91. The molecule has 0 aliphatic carbocycles. The van der Waals surface area contributed by atoms with Gasteiger partial charge in [-0.25, -0.2) is 0 Å². The van der Waals surface area contributed by atoms with Crippen LogP contribution in [-0.4, -0.2) is 24.0 Å². The smallest absolute Gasteiger partial charge is 0.325 e. The van der Waals surface area contributed by atoms with Crippen molar-refractivity contribution in [2.24, 2.45) is 5.73 Å². The first kappa shape index (κ1) is 17.7. The maximum atomic E-state index is 12.2. The van der Waals surface area contributed by atoms with Gasteiger partial charge in [0.2, 0.25) is 5.91 Å². The Morgan fingerprint density at radius 3 is 2.12 bits per heavy atom. The number of amides is 1. The number of nitrogens with two attached hydrogens (primary N) is 1. The van der Waals surface area contributed by atoms with Crippen molar-refractivity contribution in [1.82, 2.24) is 5.32 Å². The topological polar surface area (TPSA) is 81.4 Å². The van der Waals surface area contributed by atoms with E-state index in [4.69, 9.17) is 10.5 Å². The normalized spacial score (nSPS) is 12.9. The van der Waals surface area contributed by atoms with E-state index >= 15 is 0 Å². The number of carbonyl (C=O) groups is 2. The molecule has 1 amide bonds. The van der Waals surface area contributed by atoms with Crippen LogP contribution in [0.15, 0.2) is 60.7 Å². The third kappa shape index (κ3) is 5.52. The summed E-state index contributed by atoms with van der Waals surface area (Å²) in [5.74, 6) is -0.884. The van der Waals surface area contributed by atoms with Crippen LogP contribution < -0.4 is 11.1 Å². The molecule has 0 heterocycles. The summed E-state index contributed by atoms with van der Waals surface area (Å²) in [7, 11) is 0. The zero-order valence-corrected chi connectivity index (χ0v) is 13.7. The Morgan fingerprint density at radius 1 is 1.00 bits per heavy atom. The van der Waals surface area contributed by atoms with E-state index in [1.54, 1.807) is 6.92 Å². The Bertz CT molecular complexity index is 670. The fraction of sp³-hybridized carbons (Fsp3) is 0.263. The van der Waals surface area contributed by atoms with Crippen molar-refractivity contribution in [1.29, 1.82) is 0 Å². The summed E-state index contributed by atoms with van der Waals surface area (Å²) in [4.78, 5) is 23.9. The van der Waals surface area contributed by atoms with E-state index in [1.807, 2.05) is 60.7 Å². The second-order valence-electron chi connectivity index (χ2n) is 5.91. The van der Waals surface area contributed by atoms with Gasteiger partial charge in [-0.2, -0.15) is 0 Å². The van der Waals surface area contributed by atoms with Gasteiger partial charge in [0.25, 0.3) is 0 Å². The van der Waals surface area contributed by atoms with Gasteiger partial charge in [-0.05, 0) is 24.5 Å². The van der Waals surface area contributed by atoms with Crippen molar-refractivity contribution in [3.05, 3.63) is 71.8 Å². The number of esters is 1. The largest absolute Gasteiger partial charge is 0.460 e. The van der Waals surface area contributed by atoms with Gasteiger partial charge in [0, 0.05) is 0 Å². The third-order valence-corrected chi connectivity index (χ3v) is 3.57. The molecule has 1 atom stereocenters. The van der Waals surface area contributed by atoms with E-state index < -0.39 is 11.5 Å². The first-order chi connectivity index (χ1) is 11.5. The standard InChI is InChI=1S/C19H22N2O3/c1-19(20,12-15-8-4-2-5-9-15)18(23)21-13-17(22)24-14-16-10-6-3-7-11-16/h2-11H,12-14,20H2,1H3,(H,21,23)/t19-/m1/s1. The molecule has 126 valence electrons. The molecule has 2 rings (SSSR count). The van der Waals surface area contributed by atoms with Crippen molar-refractivity contribution in [2.45, 2.75) is 25.5 Å². The fourth-order valence-corrected chi connectivity index (χ4v) is 2.24. The van der Waals surface area contributed by atoms with Crippen LogP contribution in [0.3, 0.4) is 0 Å². The molecule has 3 N–H and O–H groups in total. The Kier molecular flexibility index (Phi) is 6.09. The molecule has 0 fully saturated rings. The van der Waals surface area contributed by atoms with Crippen LogP contribution in [0, 0.1) is 0 Å². The molecule has 24 heavy (non-hydrogen) atoms. The second kappa shape index (κ2) is 8.26. The average Bonchev–Trinajstić information content (AvgIpc) is 2.59. The van der Waals surface area contributed by atoms with Crippen molar-refractivity contribution in [3.8, 4) is 0 Å². The van der Waals surface area contributed by atoms with Gasteiger partial charge in [0.15, 0.2) is 0 Å². The minimum Gasteiger partial charge on any atom is -0.460 e. The first-order valence-electron chi connectivity index (χ1n) is 7.78. The summed E-state index contributed by atoms with van der Waals surface area (Å²) < 4.78 is 5.11. The molecule has 0 saturated heterocycles. The Labute approximate surface area is 141 Å². The van der Waals surface area contributed by atoms with Crippen molar-refractivity contribution < 1.29 is 14.3 Å². The zero-order valence-electron chi connectivity index (χ0n) is 13.7. The third-order valence-electron chi connectivity index (χ3n) is 3.57. The minimum absolute atomic E-state index is 0.180. The maximum Gasteiger partial charge on any atom is 0.325 e. The van der Waals surface area contributed by atoms with Crippen LogP contribution in [0.2, 0.25) is 0 Å². The van der Waals surface area contributed by atoms with Gasteiger partial charge < -0.3 is 15.8 Å². The summed E-state index contributed by atoms with van der Waals surface area (Å²) in [5, 5.41) is 2.54. The van der Waals surface area contributed by atoms with Gasteiger partial charge in [-0.3, -0.25) is 9.59 Å². The SMILES string of the molecule is C[C@@](N)(Cc1ccccc1)C(=O)NCC(=O)OCc1ccccc1. The highest BCUT2D eigenvalue weighted by atomic mass is 16.5. The molecule has 5 heteroatoms. The summed E-state index contributed by atoms with van der Waals surface area (Å²) >= 11 is 0. The van der Waals surface area contributed by atoms with Gasteiger partial charge in [0.1, 0.15) is 13.2 Å². The minimum atomic E-state index is -1.10. The lowest BCUT2D eigenvalue weighted by molar-refractivity contribution is -0.145. The number of hydrogen-bond acceptors (Lipinski definition) is 4. The molecule has 2 aromatic rings. The molecule has 5 nitrogen and oxygen atoms in total. The van der Waals surface area contributed by atoms with Crippen LogP contribution in [0.1, 0.15) is 18.1 Å². The van der Waals surface area contributed by atoms with E-state index in [0.29, 0.717) is 6.42 Å². The van der Waals surface area contributed by atoms with Crippen LogP contribution in [0.4, 0.5) is 0 Å². The van der Waals surface area contributed by atoms with E-state index in [9.17, 15) is 9.59 Å². The lowest BCUT2D eigenvalue weighted by Gasteiger charge is -2.23. The Balaban J connectivity index is 1.78. The van der Waals surface area contributed by atoms with Crippen molar-refractivity contribution in [2.75, 3.05) is 6.54 Å². The monoisotopic (exact) mass is 326 g/mol. The van der Waals surface area contributed by atoms with Crippen LogP contribution in [0.5, 0.6) is 0 Å². The van der Waals surface area contributed by atoms with E-state index in [2.05, 4.69) is 5.32 Å². The number of rotatable bonds is 7. The highest BCUT2D eigenvalue weighted by Crippen LogP contribution is 2.10. The molecule has 0 aromatic heterocycles. The fourth-order valence-electron chi connectivity index (χ4n) is 2.24. The molecule has 2 aromatic carbocycles. The lowest BCUT2D eigenvalue weighted by atomic mass is 9.93. The summed E-state index contributed by atoms with van der Waals surface area (Å²) in [6.07, 6.45) is 0.388. The molecule has 0 radical (unpaired) electrons. The molecule has 0 aliphatic rings. The lowest BCUT2D eigenvalue weighted by Crippen LogP contribution is -2.54. The Morgan fingerprint density at radius 2 is 1.54 bits per heavy atom. The predicted octanol–water partition coefficient (Wildman–Crippen LogP) is 1.81. The van der Waals surface area contributed by atoms with Crippen molar-refractivity contribution in [3.63, 3.8) is 0 Å². The molecule has 0 spiro atoms. The highest BCUT2D eigenvalue weighted by molar-refractivity contribution is 5.88. The average molecular weight is 326 g/mol. The number of carbonyl (C=O) groups excluding carboxylic acids is 2. The predicted molar refractivity (Wildman–Crippen MR) is 92.0 cm³/mol. The number of hydrogen-bond donors (Lipinski definition) is 2. The highest BCUT2D eigenvalue weighted by Gasteiger charge is 2.28. The van der Waals surface area contributed by atoms with E-state index in [-0.39, 0.29) is 19.1 Å². The molecular formula is C19H22N2O3. The van der Waals surface area contributed by atoms with Gasteiger partial charge >= 0.3 is 5.97 Å². The summed E-state index contributed by atoms with van der Waals surface area (Å²) in [5.41, 5.74) is 6.84. The zero-order chi connectivity index (χ0) is 17.4. The quantitative estimate of drug-likeness (QED) is 0.760. The summed E-state index contributed by atoms with van der Waals surface area (Å²) in [6, 6.07) is 18.9. The van der Waals surface area contributed by atoms with E-state index in [1.165, 1.54) is 0 Å². The number of nitrogens with one attached hydrogen (secondary N) is 1. The number of benzene rings is 2. The van der Waals surface area contributed by atoms with Crippen LogP contribution in [0.25, 0.3) is 0 Å². The van der Waals surface area contributed by atoms with Crippen LogP contribution >= 0.6 is 0 Å². The molecule has 0 aliphatic heterocycles. The number of ether oxygens (including phenoxy) is 1. The Hall–Kier alpha value is -2.66. The molecular weight excluding hydrogens is 304 g/mol. The van der Waals surface area contributed by atoms with Crippen molar-refractivity contribution >= 4 is 11.9 Å². The van der Waals surface area contributed by atoms with Gasteiger partial charge in [-0.1, -0.05) is 60.7 Å². The van der Waals surface area contributed by atoms with Gasteiger partial charge in [-0.15, -0.1) is 0 Å². The first-order valence-corrected chi connectivity index (χ1v) is 7.78. The molecule has 0 saturated carbocycles. The molecule has 0 unspecified atom stereocenters.